The van der Waals surface area contributed by atoms with Crippen LogP contribution in [0.25, 0.3) is 0 Å². The lowest BCUT2D eigenvalue weighted by Gasteiger charge is -2.16. The first-order valence-corrected chi connectivity index (χ1v) is 8.51. The molecule has 1 aromatic heterocycles. The number of nitrogens with zero attached hydrogens (tertiary/aromatic N) is 1. The van der Waals surface area contributed by atoms with Crippen molar-refractivity contribution in [2.24, 2.45) is 0 Å². The monoisotopic (exact) mass is 359 g/mol. The Balaban J connectivity index is 2.51. The Morgan fingerprint density at radius 1 is 1.43 bits per heavy atom. The minimum absolute atomic E-state index is 0.109. The first-order valence-electron chi connectivity index (χ1n) is 6.73. The fourth-order valence-electron chi connectivity index (χ4n) is 1.65. The van der Waals surface area contributed by atoms with Gasteiger partial charge < -0.3 is 15.4 Å². The number of methoxy groups -OCH3 is 1. The van der Waals surface area contributed by atoms with Crippen molar-refractivity contribution in [3.05, 3.63) is 29.0 Å². The summed E-state index contributed by atoms with van der Waals surface area (Å²) in [5.74, 6) is -0.841. The molecule has 0 aliphatic carbocycles. The minimum Gasteiger partial charge on any atom is -0.467 e. The molecular weight excluding hydrogens is 342 g/mol. The molecule has 1 atom stereocenters. The first kappa shape index (κ1) is 19.2. The van der Waals surface area contributed by atoms with Crippen molar-refractivity contribution >= 4 is 41.1 Å². The summed E-state index contributed by atoms with van der Waals surface area (Å²) in [6.45, 7) is -0.278. The van der Waals surface area contributed by atoms with Crippen LogP contribution in [0, 0.1) is 0 Å². The van der Waals surface area contributed by atoms with Crippen molar-refractivity contribution in [3.63, 3.8) is 0 Å². The van der Waals surface area contributed by atoms with Crippen LogP contribution in [0.3, 0.4) is 0 Å². The summed E-state index contributed by atoms with van der Waals surface area (Å²) < 4.78 is 4.64. The average Bonchev–Trinajstić information content (AvgIpc) is 2.55. The normalized spacial score (nSPS) is 11.4. The molecule has 0 radical (unpaired) electrons. The predicted molar refractivity (Wildman–Crippen MR) is 88.5 cm³/mol. The van der Waals surface area contributed by atoms with E-state index in [0.717, 1.165) is 0 Å². The van der Waals surface area contributed by atoms with E-state index < -0.39 is 23.8 Å². The van der Waals surface area contributed by atoms with Crippen LogP contribution < -0.4 is 10.6 Å². The highest BCUT2D eigenvalue weighted by molar-refractivity contribution is 7.98. The zero-order valence-electron chi connectivity index (χ0n) is 12.8. The van der Waals surface area contributed by atoms with E-state index in [1.54, 1.807) is 11.8 Å². The van der Waals surface area contributed by atoms with Crippen LogP contribution in [0.5, 0.6) is 0 Å². The third-order valence-electron chi connectivity index (χ3n) is 2.80. The smallest absolute Gasteiger partial charge is 0.328 e. The molecule has 0 saturated carbocycles. The van der Waals surface area contributed by atoms with E-state index in [2.05, 4.69) is 20.4 Å². The van der Waals surface area contributed by atoms with E-state index in [9.17, 15) is 14.4 Å². The van der Waals surface area contributed by atoms with Gasteiger partial charge in [0.15, 0.2) is 0 Å². The topological polar surface area (TPSA) is 97.4 Å². The number of carbonyl (C=O) groups excluding carboxylic acids is 3. The Kier molecular flexibility index (Phi) is 8.42. The summed E-state index contributed by atoms with van der Waals surface area (Å²) in [4.78, 5) is 39.1. The highest BCUT2D eigenvalue weighted by atomic mass is 35.5. The molecule has 0 aliphatic heterocycles. The number of hydrogen-bond donors (Lipinski definition) is 2. The van der Waals surface area contributed by atoms with Crippen LogP contribution >= 0.6 is 23.4 Å². The number of thioether (sulfide) groups is 1. The van der Waals surface area contributed by atoms with E-state index in [4.69, 9.17) is 11.6 Å². The molecule has 1 rings (SSSR count). The van der Waals surface area contributed by atoms with E-state index in [1.807, 2.05) is 6.26 Å². The molecule has 0 bridgehead atoms. The zero-order valence-corrected chi connectivity index (χ0v) is 14.4. The molecule has 0 saturated heterocycles. The molecule has 9 heteroatoms. The number of rotatable bonds is 8. The van der Waals surface area contributed by atoms with Gasteiger partial charge in [0.1, 0.15) is 11.7 Å². The van der Waals surface area contributed by atoms with E-state index in [-0.39, 0.29) is 12.2 Å². The Labute approximate surface area is 143 Å². The highest BCUT2D eigenvalue weighted by Crippen LogP contribution is 2.07. The Morgan fingerprint density at radius 2 is 2.17 bits per heavy atom. The van der Waals surface area contributed by atoms with Crippen LogP contribution in [-0.4, -0.2) is 54.5 Å². The lowest BCUT2D eigenvalue weighted by Crippen LogP contribution is -2.46. The highest BCUT2D eigenvalue weighted by Gasteiger charge is 2.21. The quantitative estimate of drug-likeness (QED) is 0.669. The van der Waals surface area contributed by atoms with Gasteiger partial charge in [-0.3, -0.25) is 14.6 Å². The van der Waals surface area contributed by atoms with Crippen LogP contribution in [0.15, 0.2) is 18.3 Å². The van der Waals surface area contributed by atoms with Crippen LogP contribution in [0.4, 0.5) is 0 Å². The molecule has 126 valence electrons. The number of aromatic nitrogens is 1. The summed E-state index contributed by atoms with van der Waals surface area (Å²) in [5.41, 5.74) is 0.109. The fourth-order valence-corrected chi connectivity index (χ4v) is 2.28. The predicted octanol–water partition coefficient (Wildman–Crippen LogP) is 0.876. The second-order valence-corrected chi connectivity index (χ2v) is 5.89. The standard InChI is InChI=1S/C14H18ClN3O4S/c1-22-14(21)10(4-6-23-2)18-12(19)8-17-13(20)11-7-9(15)3-5-16-11/h3,5,7,10H,4,6,8H2,1-2H3,(H,17,20)(H,18,19)/t10-/m0/s1. The van der Waals surface area contributed by atoms with Crippen LogP contribution in [0.2, 0.25) is 5.02 Å². The van der Waals surface area contributed by atoms with Gasteiger partial charge in [-0.1, -0.05) is 11.6 Å². The van der Waals surface area contributed by atoms with Crippen molar-refractivity contribution in [2.75, 3.05) is 25.7 Å². The minimum atomic E-state index is -0.735. The molecular formula is C14H18ClN3O4S. The third-order valence-corrected chi connectivity index (χ3v) is 3.67. The van der Waals surface area contributed by atoms with Gasteiger partial charge in [-0.2, -0.15) is 11.8 Å². The van der Waals surface area contributed by atoms with Gasteiger partial charge in [-0.25, -0.2) is 4.79 Å². The second kappa shape index (κ2) is 10.1. The van der Waals surface area contributed by atoms with Gasteiger partial charge in [-0.15, -0.1) is 0 Å². The summed E-state index contributed by atoms with van der Waals surface area (Å²) in [6, 6.07) is 2.20. The van der Waals surface area contributed by atoms with Gasteiger partial charge in [0.2, 0.25) is 5.91 Å². The molecule has 0 fully saturated rings. The van der Waals surface area contributed by atoms with Crippen LogP contribution in [-0.2, 0) is 14.3 Å². The maximum Gasteiger partial charge on any atom is 0.328 e. The van der Waals surface area contributed by atoms with Crippen LogP contribution in [0.1, 0.15) is 16.9 Å². The summed E-state index contributed by atoms with van der Waals surface area (Å²) in [5, 5.41) is 5.32. The average molecular weight is 360 g/mol. The number of esters is 1. The van der Waals surface area contributed by atoms with Gasteiger partial charge >= 0.3 is 5.97 Å². The maximum atomic E-state index is 11.9. The van der Waals surface area contributed by atoms with Gasteiger partial charge in [0, 0.05) is 11.2 Å². The Bertz CT molecular complexity index is 571. The molecule has 2 N–H and O–H groups in total. The number of ether oxygens (including phenoxy) is 1. The number of amides is 2. The number of nitrogens with one attached hydrogen (secondary N) is 2. The largest absolute Gasteiger partial charge is 0.467 e. The van der Waals surface area contributed by atoms with Crippen molar-refractivity contribution in [1.82, 2.24) is 15.6 Å². The molecule has 0 aromatic carbocycles. The molecule has 23 heavy (non-hydrogen) atoms. The molecule has 0 aliphatic rings. The van der Waals surface area contributed by atoms with Crippen molar-refractivity contribution in [2.45, 2.75) is 12.5 Å². The van der Waals surface area contributed by atoms with Crippen molar-refractivity contribution < 1.29 is 19.1 Å². The zero-order chi connectivity index (χ0) is 17.2. The number of hydrogen-bond acceptors (Lipinski definition) is 6. The molecule has 2 amide bonds. The van der Waals surface area contributed by atoms with E-state index >= 15 is 0 Å². The molecule has 0 spiro atoms. The van der Waals surface area contributed by atoms with Gasteiger partial charge in [0.25, 0.3) is 5.91 Å². The van der Waals surface area contributed by atoms with Gasteiger partial charge in [0.05, 0.1) is 13.7 Å². The lowest BCUT2D eigenvalue weighted by atomic mass is 10.2. The first-order chi connectivity index (χ1) is 11.0. The second-order valence-electron chi connectivity index (χ2n) is 4.47. The lowest BCUT2D eigenvalue weighted by molar-refractivity contribution is -0.145. The Hall–Kier alpha value is -1.80. The summed E-state index contributed by atoms with van der Waals surface area (Å²) >= 11 is 7.32. The summed E-state index contributed by atoms with van der Waals surface area (Å²) in [6.07, 6.45) is 3.74. The SMILES string of the molecule is COC(=O)[C@H](CCSC)NC(=O)CNC(=O)c1cc(Cl)ccn1. The number of pyridine rings is 1. The summed E-state index contributed by atoms with van der Waals surface area (Å²) in [7, 11) is 1.26. The number of carbonyl (C=O) groups is 3. The molecule has 1 aromatic rings. The van der Waals surface area contributed by atoms with E-state index in [0.29, 0.717) is 17.2 Å². The molecule has 0 unspecified atom stereocenters. The molecule has 7 nitrogen and oxygen atoms in total. The molecule has 1 heterocycles. The van der Waals surface area contributed by atoms with Crippen molar-refractivity contribution in [3.8, 4) is 0 Å². The third kappa shape index (κ3) is 6.87. The van der Waals surface area contributed by atoms with Gasteiger partial charge in [-0.05, 0) is 30.6 Å². The Morgan fingerprint density at radius 3 is 2.78 bits per heavy atom. The fraction of sp³-hybridized carbons (Fsp3) is 0.429. The van der Waals surface area contributed by atoms with E-state index in [1.165, 1.54) is 25.4 Å². The maximum absolute atomic E-state index is 11.9. The van der Waals surface area contributed by atoms with Crippen molar-refractivity contribution in [1.29, 1.82) is 0 Å². The number of halogens is 1.